The summed E-state index contributed by atoms with van der Waals surface area (Å²) in [5.74, 6) is -0.891. The summed E-state index contributed by atoms with van der Waals surface area (Å²) in [5, 5.41) is 24.9. The zero-order chi connectivity index (χ0) is 19.3. The minimum Gasteiger partial charge on any atom is -0.502 e. The molecule has 0 atom stereocenters. The van der Waals surface area contributed by atoms with E-state index in [1.165, 1.54) is 12.1 Å². The Morgan fingerprint density at radius 2 is 2.04 bits per heavy atom. The molecule has 0 aliphatic rings. The molecule has 9 nitrogen and oxygen atoms in total. The fourth-order valence-corrected chi connectivity index (χ4v) is 3.14. The number of phenols is 1. The first kappa shape index (κ1) is 19.8. The van der Waals surface area contributed by atoms with Gasteiger partial charge in [-0.1, -0.05) is 27.7 Å². The molecule has 1 aromatic carbocycles. The van der Waals surface area contributed by atoms with Gasteiger partial charge < -0.3 is 5.11 Å². The van der Waals surface area contributed by atoms with Gasteiger partial charge in [0.1, 0.15) is 0 Å². The van der Waals surface area contributed by atoms with Crippen LogP contribution < -0.4 is 5.43 Å². The number of halogens is 1. The topological polar surface area (TPSA) is 131 Å². The molecule has 2 rings (SSSR count). The first-order chi connectivity index (χ1) is 12.3. The zero-order valence-corrected chi connectivity index (χ0v) is 16.2. The molecule has 0 fully saturated rings. The highest BCUT2D eigenvalue weighted by Crippen LogP contribution is 2.32. The SMILES string of the molecule is Cc1cc(C)nc(SCC(=O)N/N=C\c2cc(Br)cc([N+](=O)[O-])c2O)n1. The molecule has 0 bridgehead atoms. The van der Waals surface area contributed by atoms with E-state index < -0.39 is 22.3 Å². The van der Waals surface area contributed by atoms with E-state index in [9.17, 15) is 20.0 Å². The van der Waals surface area contributed by atoms with E-state index in [4.69, 9.17) is 0 Å². The van der Waals surface area contributed by atoms with Crippen LogP contribution in [0.4, 0.5) is 5.69 Å². The van der Waals surface area contributed by atoms with Crippen LogP contribution in [0.25, 0.3) is 0 Å². The molecular weight excluding hydrogens is 426 g/mol. The number of aryl methyl sites for hydroxylation is 2. The summed E-state index contributed by atoms with van der Waals surface area (Å²) in [6, 6.07) is 4.44. The smallest absolute Gasteiger partial charge is 0.312 e. The van der Waals surface area contributed by atoms with Gasteiger partial charge in [0.2, 0.25) is 5.75 Å². The Morgan fingerprint density at radius 3 is 2.65 bits per heavy atom. The number of amides is 1. The number of hydrogen-bond donors (Lipinski definition) is 2. The number of nitrogens with zero attached hydrogens (tertiary/aromatic N) is 4. The summed E-state index contributed by atoms with van der Waals surface area (Å²) in [7, 11) is 0. The molecule has 1 aromatic heterocycles. The lowest BCUT2D eigenvalue weighted by Crippen LogP contribution is -2.19. The van der Waals surface area contributed by atoms with Gasteiger partial charge in [0.15, 0.2) is 5.16 Å². The van der Waals surface area contributed by atoms with Crippen LogP contribution in [0.3, 0.4) is 0 Å². The largest absolute Gasteiger partial charge is 0.502 e. The van der Waals surface area contributed by atoms with Gasteiger partial charge in [0.05, 0.1) is 16.9 Å². The number of nitro groups is 1. The van der Waals surface area contributed by atoms with Crippen molar-refractivity contribution in [2.24, 2.45) is 5.10 Å². The lowest BCUT2D eigenvalue weighted by atomic mass is 10.2. The number of aromatic nitrogens is 2. The van der Waals surface area contributed by atoms with E-state index in [1.807, 2.05) is 19.9 Å². The van der Waals surface area contributed by atoms with Crippen LogP contribution in [0.2, 0.25) is 0 Å². The van der Waals surface area contributed by atoms with Crippen molar-refractivity contribution in [3.8, 4) is 5.75 Å². The quantitative estimate of drug-likeness (QED) is 0.232. The fourth-order valence-electron chi connectivity index (χ4n) is 1.94. The number of hydrogen-bond acceptors (Lipinski definition) is 8. The van der Waals surface area contributed by atoms with Gasteiger partial charge in [-0.15, -0.1) is 0 Å². The van der Waals surface area contributed by atoms with Crippen LogP contribution in [-0.4, -0.2) is 37.9 Å². The molecule has 0 unspecified atom stereocenters. The van der Waals surface area contributed by atoms with Crippen LogP contribution in [-0.2, 0) is 4.79 Å². The summed E-state index contributed by atoms with van der Waals surface area (Å²) in [4.78, 5) is 30.4. The summed E-state index contributed by atoms with van der Waals surface area (Å²) >= 11 is 4.28. The third-order valence-corrected chi connectivity index (χ3v) is 4.27. The fraction of sp³-hybridized carbons (Fsp3) is 0.200. The molecule has 2 aromatic rings. The molecule has 0 aliphatic carbocycles. The van der Waals surface area contributed by atoms with Crippen molar-refractivity contribution in [1.29, 1.82) is 0 Å². The van der Waals surface area contributed by atoms with Crippen molar-refractivity contribution in [3.05, 3.63) is 49.7 Å². The van der Waals surface area contributed by atoms with Crippen molar-refractivity contribution in [2.75, 3.05) is 5.75 Å². The van der Waals surface area contributed by atoms with E-state index in [2.05, 4.69) is 36.4 Å². The lowest BCUT2D eigenvalue weighted by Gasteiger charge is -2.03. The number of benzene rings is 1. The molecule has 11 heteroatoms. The molecular formula is C15H14BrN5O4S. The van der Waals surface area contributed by atoms with Gasteiger partial charge in [-0.05, 0) is 26.0 Å². The van der Waals surface area contributed by atoms with Crippen LogP contribution in [0, 0.1) is 24.0 Å². The summed E-state index contributed by atoms with van der Waals surface area (Å²) in [6.45, 7) is 3.68. The second kappa shape index (κ2) is 8.72. The minimum absolute atomic E-state index is 0.0465. The molecule has 26 heavy (non-hydrogen) atoms. The van der Waals surface area contributed by atoms with Gasteiger partial charge >= 0.3 is 5.69 Å². The molecule has 1 amide bonds. The molecule has 0 spiro atoms. The van der Waals surface area contributed by atoms with Crippen molar-refractivity contribution < 1.29 is 14.8 Å². The standard InChI is InChI=1S/C15H14BrN5O4S/c1-8-3-9(2)19-15(18-8)26-7-13(22)20-17-6-10-4-11(16)5-12(14(10)23)21(24)25/h3-6,23H,7H2,1-2H3,(H,20,22)/b17-6-. The minimum atomic E-state index is -0.712. The maximum absolute atomic E-state index is 11.8. The predicted molar refractivity (Wildman–Crippen MR) is 100 cm³/mol. The van der Waals surface area contributed by atoms with Crippen LogP contribution in [0.5, 0.6) is 5.75 Å². The number of carbonyl (C=O) groups excluding carboxylic acids is 1. The number of phenolic OH excluding ortho intramolecular Hbond substituents is 1. The molecule has 2 N–H and O–H groups in total. The van der Waals surface area contributed by atoms with Gasteiger partial charge in [0.25, 0.3) is 5.91 Å². The average molecular weight is 440 g/mol. The number of nitro benzene ring substituents is 1. The van der Waals surface area contributed by atoms with Gasteiger partial charge in [-0.2, -0.15) is 5.10 Å². The van der Waals surface area contributed by atoms with Crippen LogP contribution >= 0.6 is 27.7 Å². The lowest BCUT2D eigenvalue weighted by molar-refractivity contribution is -0.385. The Labute approximate surface area is 161 Å². The van der Waals surface area contributed by atoms with Crippen LogP contribution in [0.15, 0.2) is 32.9 Å². The highest BCUT2D eigenvalue weighted by molar-refractivity contribution is 9.10. The second-order valence-corrected chi connectivity index (χ2v) is 6.99. The van der Waals surface area contributed by atoms with Crippen molar-refractivity contribution in [3.63, 3.8) is 0 Å². The van der Waals surface area contributed by atoms with Crippen molar-refractivity contribution >= 4 is 45.5 Å². The predicted octanol–water partition coefficient (Wildman–Crippen LogP) is 2.71. The summed E-state index contributed by atoms with van der Waals surface area (Å²) < 4.78 is 0.400. The molecule has 136 valence electrons. The summed E-state index contributed by atoms with van der Waals surface area (Å²) in [5.41, 5.74) is 3.54. The Balaban J connectivity index is 1.98. The number of aromatic hydroxyl groups is 1. The highest BCUT2D eigenvalue weighted by atomic mass is 79.9. The molecule has 1 heterocycles. The highest BCUT2D eigenvalue weighted by Gasteiger charge is 2.17. The van der Waals surface area contributed by atoms with Gasteiger partial charge in [-0.3, -0.25) is 14.9 Å². The van der Waals surface area contributed by atoms with E-state index in [-0.39, 0.29) is 11.3 Å². The van der Waals surface area contributed by atoms with Crippen molar-refractivity contribution in [2.45, 2.75) is 19.0 Å². The maximum Gasteiger partial charge on any atom is 0.312 e. The molecule has 0 radical (unpaired) electrons. The second-order valence-electron chi connectivity index (χ2n) is 5.13. The average Bonchev–Trinajstić information content (AvgIpc) is 2.54. The number of hydrazone groups is 1. The summed E-state index contributed by atoms with van der Waals surface area (Å²) in [6.07, 6.45) is 1.13. The first-order valence-corrected chi connectivity index (χ1v) is 8.98. The van der Waals surface area contributed by atoms with Gasteiger partial charge in [-0.25, -0.2) is 15.4 Å². The molecule has 0 saturated heterocycles. The van der Waals surface area contributed by atoms with Crippen LogP contribution in [0.1, 0.15) is 17.0 Å². The molecule has 0 saturated carbocycles. The Hall–Kier alpha value is -2.53. The molecule has 0 aliphatic heterocycles. The third-order valence-electron chi connectivity index (χ3n) is 2.97. The zero-order valence-electron chi connectivity index (χ0n) is 13.8. The van der Waals surface area contributed by atoms with Gasteiger partial charge in [0, 0.05) is 27.5 Å². The van der Waals surface area contributed by atoms with E-state index in [1.54, 1.807) is 0 Å². The third kappa shape index (κ3) is 5.49. The number of nitrogens with one attached hydrogen (secondary N) is 1. The van der Waals surface area contributed by atoms with E-state index in [0.717, 1.165) is 29.4 Å². The van der Waals surface area contributed by atoms with Crippen molar-refractivity contribution in [1.82, 2.24) is 15.4 Å². The monoisotopic (exact) mass is 439 g/mol. The Bertz CT molecular complexity index is 870. The van der Waals surface area contributed by atoms with E-state index in [0.29, 0.717) is 9.63 Å². The maximum atomic E-state index is 11.8. The number of thioether (sulfide) groups is 1. The normalized spacial score (nSPS) is 10.9. The Morgan fingerprint density at radius 1 is 1.38 bits per heavy atom. The first-order valence-electron chi connectivity index (χ1n) is 7.20. The number of carbonyl (C=O) groups is 1. The number of rotatable bonds is 6. The Kier molecular flexibility index (Phi) is 6.64. The van der Waals surface area contributed by atoms with E-state index >= 15 is 0 Å².